The molecule has 0 radical (unpaired) electrons. The first kappa shape index (κ1) is 14.6. The van der Waals surface area contributed by atoms with E-state index in [9.17, 15) is 9.59 Å². The van der Waals surface area contributed by atoms with Gasteiger partial charge in [-0.2, -0.15) is 0 Å². The standard InChI is InChI=1S/C15H15ClN4O2/c1-9(10-6-4-5-7-11(10)16)20-8-17-13-12(20)14(21)19(3)15(22)18(13)2/h4-9H,1-3H3. The highest BCUT2D eigenvalue weighted by Crippen LogP contribution is 2.27. The Morgan fingerprint density at radius 2 is 1.82 bits per heavy atom. The van der Waals surface area contributed by atoms with Crippen LogP contribution in [0.1, 0.15) is 18.5 Å². The number of fused-ring (bicyclic) bond motifs is 1. The van der Waals surface area contributed by atoms with Gasteiger partial charge in [0.2, 0.25) is 0 Å². The minimum absolute atomic E-state index is 0.177. The summed E-state index contributed by atoms with van der Waals surface area (Å²) in [6.45, 7) is 1.94. The number of aromatic nitrogens is 4. The lowest BCUT2D eigenvalue weighted by Crippen LogP contribution is -2.37. The summed E-state index contributed by atoms with van der Waals surface area (Å²) in [5.74, 6) is 0. The Morgan fingerprint density at radius 3 is 2.50 bits per heavy atom. The molecular formula is C15H15ClN4O2. The van der Waals surface area contributed by atoms with Crippen LogP contribution in [-0.4, -0.2) is 18.7 Å². The first-order valence-electron chi connectivity index (χ1n) is 6.80. The van der Waals surface area contributed by atoms with E-state index in [1.807, 2.05) is 25.1 Å². The highest BCUT2D eigenvalue weighted by atomic mass is 35.5. The Bertz CT molecular complexity index is 983. The fourth-order valence-electron chi connectivity index (χ4n) is 2.62. The molecule has 3 aromatic rings. The van der Waals surface area contributed by atoms with Gasteiger partial charge in [-0.05, 0) is 18.6 Å². The molecule has 22 heavy (non-hydrogen) atoms. The maximum absolute atomic E-state index is 12.5. The highest BCUT2D eigenvalue weighted by molar-refractivity contribution is 6.31. The Balaban J connectivity index is 2.32. The number of imidazole rings is 1. The van der Waals surface area contributed by atoms with Gasteiger partial charge in [0.15, 0.2) is 11.2 Å². The van der Waals surface area contributed by atoms with Crippen molar-refractivity contribution >= 4 is 22.8 Å². The van der Waals surface area contributed by atoms with Crippen LogP contribution in [0.4, 0.5) is 0 Å². The lowest BCUT2D eigenvalue weighted by Gasteiger charge is -2.16. The van der Waals surface area contributed by atoms with Gasteiger partial charge in [0.05, 0.1) is 12.4 Å². The highest BCUT2D eigenvalue weighted by Gasteiger charge is 2.19. The van der Waals surface area contributed by atoms with Gasteiger partial charge in [-0.1, -0.05) is 29.8 Å². The molecule has 0 aliphatic carbocycles. The van der Waals surface area contributed by atoms with Gasteiger partial charge in [-0.3, -0.25) is 13.9 Å². The molecule has 1 unspecified atom stereocenters. The number of hydrogen-bond acceptors (Lipinski definition) is 3. The maximum atomic E-state index is 12.5. The van der Waals surface area contributed by atoms with E-state index in [0.29, 0.717) is 16.2 Å². The first-order chi connectivity index (χ1) is 10.4. The molecule has 6 nitrogen and oxygen atoms in total. The molecule has 0 spiro atoms. The van der Waals surface area contributed by atoms with Crippen molar-refractivity contribution in [1.82, 2.24) is 18.7 Å². The maximum Gasteiger partial charge on any atom is 0.332 e. The van der Waals surface area contributed by atoms with Crippen LogP contribution < -0.4 is 11.2 Å². The number of halogens is 1. The second-order valence-corrected chi connectivity index (χ2v) is 5.63. The SMILES string of the molecule is CC(c1ccccc1Cl)n1cnc2c1c(=O)n(C)c(=O)n2C. The summed E-state index contributed by atoms with van der Waals surface area (Å²) in [6.07, 6.45) is 1.57. The Morgan fingerprint density at radius 1 is 1.14 bits per heavy atom. The lowest BCUT2D eigenvalue weighted by molar-refractivity contribution is 0.646. The van der Waals surface area contributed by atoms with Gasteiger partial charge in [-0.15, -0.1) is 0 Å². The Labute approximate surface area is 131 Å². The van der Waals surface area contributed by atoms with Crippen LogP contribution in [0.15, 0.2) is 40.2 Å². The fourth-order valence-corrected chi connectivity index (χ4v) is 2.92. The van der Waals surface area contributed by atoms with Crippen LogP contribution in [0, 0.1) is 0 Å². The summed E-state index contributed by atoms with van der Waals surface area (Å²) < 4.78 is 4.20. The van der Waals surface area contributed by atoms with Crippen LogP contribution in [-0.2, 0) is 14.1 Å². The summed E-state index contributed by atoms with van der Waals surface area (Å²) in [4.78, 5) is 28.6. The normalized spacial score (nSPS) is 12.7. The smallest absolute Gasteiger partial charge is 0.317 e. The molecule has 7 heteroatoms. The zero-order chi connectivity index (χ0) is 16.0. The molecule has 0 amide bonds. The van der Waals surface area contributed by atoms with Gasteiger partial charge in [0.1, 0.15) is 0 Å². The van der Waals surface area contributed by atoms with Gasteiger partial charge in [0, 0.05) is 19.1 Å². The van der Waals surface area contributed by atoms with Crippen molar-refractivity contribution < 1.29 is 0 Å². The van der Waals surface area contributed by atoms with E-state index in [4.69, 9.17) is 11.6 Å². The number of hydrogen-bond donors (Lipinski definition) is 0. The zero-order valence-electron chi connectivity index (χ0n) is 12.4. The van der Waals surface area contributed by atoms with Crippen molar-refractivity contribution in [2.45, 2.75) is 13.0 Å². The molecular weight excluding hydrogens is 304 g/mol. The van der Waals surface area contributed by atoms with E-state index < -0.39 is 5.69 Å². The summed E-state index contributed by atoms with van der Waals surface area (Å²) >= 11 is 6.24. The molecule has 0 saturated carbocycles. The summed E-state index contributed by atoms with van der Waals surface area (Å²) in [6, 6.07) is 7.28. The molecule has 114 valence electrons. The predicted octanol–water partition coefficient (Wildman–Crippen LogP) is 1.70. The molecule has 0 aliphatic heterocycles. The van der Waals surface area contributed by atoms with Gasteiger partial charge in [0.25, 0.3) is 5.56 Å². The molecule has 3 rings (SSSR count). The second kappa shape index (κ2) is 5.14. The number of aryl methyl sites for hydroxylation is 1. The average molecular weight is 319 g/mol. The van der Waals surface area contributed by atoms with Crippen LogP contribution >= 0.6 is 11.6 Å². The Hall–Kier alpha value is -2.34. The molecule has 1 aromatic carbocycles. The third kappa shape index (κ3) is 1.99. The van der Waals surface area contributed by atoms with Crippen LogP contribution in [0.2, 0.25) is 5.02 Å². The minimum Gasteiger partial charge on any atom is -0.317 e. The first-order valence-corrected chi connectivity index (χ1v) is 7.18. The minimum atomic E-state index is -0.395. The van der Waals surface area contributed by atoms with Crippen molar-refractivity contribution in [2.24, 2.45) is 14.1 Å². The molecule has 0 fully saturated rings. The van der Waals surface area contributed by atoms with Crippen LogP contribution in [0.25, 0.3) is 11.2 Å². The Kier molecular flexibility index (Phi) is 3.41. The van der Waals surface area contributed by atoms with E-state index in [-0.39, 0.29) is 11.6 Å². The number of benzene rings is 1. The summed E-state index contributed by atoms with van der Waals surface area (Å²) in [7, 11) is 3.06. The lowest BCUT2D eigenvalue weighted by atomic mass is 10.1. The predicted molar refractivity (Wildman–Crippen MR) is 85.5 cm³/mol. The molecule has 0 aliphatic rings. The molecule has 0 bridgehead atoms. The molecule has 0 saturated heterocycles. The second-order valence-electron chi connectivity index (χ2n) is 5.23. The third-order valence-corrected chi connectivity index (χ3v) is 4.29. The van der Waals surface area contributed by atoms with Gasteiger partial charge < -0.3 is 4.57 Å². The van der Waals surface area contributed by atoms with Crippen molar-refractivity contribution in [1.29, 1.82) is 0 Å². The monoisotopic (exact) mass is 318 g/mol. The van der Waals surface area contributed by atoms with Crippen LogP contribution in [0.5, 0.6) is 0 Å². The van der Waals surface area contributed by atoms with Crippen molar-refractivity contribution in [3.05, 3.63) is 62.0 Å². The van der Waals surface area contributed by atoms with E-state index in [2.05, 4.69) is 4.98 Å². The molecule has 2 aromatic heterocycles. The fraction of sp³-hybridized carbons (Fsp3) is 0.267. The van der Waals surface area contributed by atoms with Crippen LogP contribution in [0.3, 0.4) is 0 Å². The summed E-state index contributed by atoms with van der Waals surface area (Å²) in [5.41, 5.74) is 0.881. The van der Waals surface area contributed by atoms with Crippen molar-refractivity contribution in [2.75, 3.05) is 0 Å². The van der Waals surface area contributed by atoms with Crippen molar-refractivity contribution in [3.8, 4) is 0 Å². The third-order valence-electron chi connectivity index (χ3n) is 3.95. The zero-order valence-corrected chi connectivity index (χ0v) is 13.2. The topological polar surface area (TPSA) is 61.8 Å². The molecule has 1 atom stereocenters. The van der Waals surface area contributed by atoms with Gasteiger partial charge in [-0.25, -0.2) is 9.78 Å². The summed E-state index contributed by atoms with van der Waals surface area (Å²) in [5, 5.41) is 0.624. The largest absolute Gasteiger partial charge is 0.332 e. The van der Waals surface area contributed by atoms with E-state index >= 15 is 0 Å². The average Bonchev–Trinajstić information content (AvgIpc) is 2.95. The van der Waals surface area contributed by atoms with E-state index in [1.165, 1.54) is 11.6 Å². The molecule has 2 heterocycles. The van der Waals surface area contributed by atoms with E-state index in [0.717, 1.165) is 10.1 Å². The van der Waals surface area contributed by atoms with Crippen molar-refractivity contribution in [3.63, 3.8) is 0 Å². The van der Waals surface area contributed by atoms with E-state index in [1.54, 1.807) is 24.0 Å². The quantitative estimate of drug-likeness (QED) is 0.722. The molecule has 0 N–H and O–H groups in total. The van der Waals surface area contributed by atoms with Gasteiger partial charge >= 0.3 is 5.69 Å². The number of nitrogens with zero attached hydrogens (tertiary/aromatic N) is 4. The number of rotatable bonds is 2.